The molecule has 0 saturated carbocycles. The Bertz CT molecular complexity index is 2790. The van der Waals surface area contributed by atoms with Gasteiger partial charge in [0.25, 0.3) is 0 Å². The van der Waals surface area contributed by atoms with Crippen LogP contribution in [0.4, 0.5) is 0 Å². The van der Waals surface area contributed by atoms with E-state index < -0.39 is 0 Å². The molecule has 80 heavy (non-hydrogen) atoms. The minimum atomic E-state index is 0.232. The van der Waals surface area contributed by atoms with Crippen LogP contribution in [-0.4, -0.2) is 38.6 Å². The molecule has 0 bridgehead atoms. The van der Waals surface area contributed by atoms with Gasteiger partial charge in [0.05, 0.1) is 38.6 Å². The van der Waals surface area contributed by atoms with Gasteiger partial charge >= 0.3 is 0 Å². The minimum Gasteiger partial charge on any atom is -0.494 e. The van der Waals surface area contributed by atoms with Gasteiger partial charge in [-0.25, -0.2) is 0 Å². The average molecular weight is 1080 g/mol. The SMILES string of the molecule is CCCCCCC[C@H](C)Oc1ccc(-c2ccc(OCCCCCCOc3ccc4ccccc4c3-c3c(OCCCCCCOc4ccc(-c5ccc(O[C@@H](C)CCCCCCC)cc5)cc4)ccc4ccccc34)cc2)cc1. The van der Waals surface area contributed by atoms with E-state index in [1.54, 1.807) is 0 Å². The molecule has 0 radical (unpaired) electrons. The molecule has 0 N–H and O–H groups in total. The van der Waals surface area contributed by atoms with Gasteiger partial charge in [-0.1, -0.05) is 174 Å². The van der Waals surface area contributed by atoms with Crippen LogP contribution in [0.3, 0.4) is 0 Å². The summed E-state index contributed by atoms with van der Waals surface area (Å²) in [7, 11) is 0. The van der Waals surface area contributed by atoms with E-state index in [0.29, 0.717) is 26.4 Å². The first-order chi connectivity index (χ1) is 39.4. The topological polar surface area (TPSA) is 55.4 Å². The Morgan fingerprint density at radius 2 is 0.600 bits per heavy atom. The molecule has 422 valence electrons. The van der Waals surface area contributed by atoms with Crippen LogP contribution in [0.15, 0.2) is 170 Å². The minimum absolute atomic E-state index is 0.232. The highest BCUT2D eigenvalue weighted by molar-refractivity contribution is 6.09. The fourth-order valence-corrected chi connectivity index (χ4v) is 10.7. The summed E-state index contributed by atoms with van der Waals surface area (Å²) in [4.78, 5) is 0. The number of ether oxygens (including phenoxy) is 6. The smallest absolute Gasteiger partial charge is 0.127 e. The summed E-state index contributed by atoms with van der Waals surface area (Å²) in [6.07, 6.45) is 23.8. The Morgan fingerprint density at radius 1 is 0.287 bits per heavy atom. The van der Waals surface area contributed by atoms with Crippen LogP contribution < -0.4 is 28.4 Å². The zero-order valence-electron chi connectivity index (χ0n) is 48.7. The highest BCUT2D eigenvalue weighted by Gasteiger charge is 2.19. The molecule has 8 aromatic rings. The molecular formula is C74H90O6. The Labute approximate surface area is 480 Å². The maximum atomic E-state index is 6.73. The number of unbranched alkanes of at least 4 members (excludes halogenated alkanes) is 14. The fourth-order valence-electron chi connectivity index (χ4n) is 10.7. The molecule has 0 saturated heterocycles. The molecule has 6 heteroatoms. The zero-order valence-corrected chi connectivity index (χ0v) is 48.7. The van der Waals surface area contributed by atoms with Crippen LogP contribution in [0.25, 0.3) is 54.9 Å². The third-order valence-electron chi connectivity index (χ3n) is 15.3. The summed E-state index contributed by atoms with van der Waals surface area (Å²) in [6.45, 7) is 11.5. The quantitative estimate of drug-likeness (QED) is 0.0362. The molecule has 6 nitrogen and oxygen atoms in total. The average Bonchev–Trinajstić information content (AvgIpc) is 3.65. The molecule has 2 atom stereocenters. The molecular weight excluding hydrogens is 985 g/mol. The van der Waals surface area contributed by atoms with E-state index in [0.717, 1.165) is 121 Å². The Balaban J connectivity index is 0.758. The summed E-state index contributed by atoms with van der Waals surface area (Å²) >= 11 is 0. The van der Waals surface area contributed by atoms with Crippen LogP contribution in [0.1, 0.15) is 156 Å². The molecule has 0 aliphatic heterocycles. The summed E-state index contributed by atoms with van der Waals surface area (Å²) in [6, 6.07) is 59.8. The Kier molecular flexibility index (Phi) is 24.4. The Hall–Kier alpha value is -6.92. The van der Waals surface area contributed by atoms with E-state index >= 15 is 0 Å². The molecule has 0 amide bonds. The lowest BCUT2D eigenvalue weighted by molar-refractivity contribution is 0.206. The second kappa shape index (κ2) is 33.0. The van der Waals surface area contributed by atoms with E-state index in [2.05, 4.69) is 198 Å². The lowest BCUT2D eigenvalue weighted by Gasteiger charge is -2.20. The Morgan fingerprint density at radius 3 is 0.963 bits per heavy atom. The van der Waals surface area contributed by atoms with Crippen molar-refractivity contribution in [3.05, 3.63) is 170 Å². The van der Waals surface area contributed by atoms with Crippen LogP contribution in [0.2, 0.25) is 0 Å². The lowest BCUT2D eigenvalue weighted by atomic mass is 9.92. The van der Waals surface area contributed by atoms with Gasteiger partial charge in [-0.05, 0) is 195 Å². The van der Waals surface area contributed by atoms with Crippen molar-refractivity contribution in [1.29, 1.82) is 0 Å². The highest BCUT2D eigenvalue weighted by Crippen LogP contribution is 2.46. The van der Waals surface area contributed by atoms with Crippen LogP contribution in [-0.2, 0) is 0 Å². The standard InChI is InChI=1S/C74H90O6/c1-5-7-9-11-17-27-57(3)79-67-47-37-61(38-48-67)59-33-43-65(44-34-59)75-53-23-13-15-25-55-77-71-51-41-63-29-19-21-31-69(63)73(71)74-70-32-22-20-30-64(70)42-52-72(74)78-56-26-16-14-24-54-76-66-45-35-60(36-46-66)62-39-49-68(50-40-62)80-58(4)28-18-12-10-8-6-2/h19-22,29-52,57-58H,5-18,23-28,53-56H2,1-4H3/t57-,58-/m0/s1. The predicted molar refractivity (Wildman–Crippen MR) is 336 cm³/mol. The first kappa shape index (κ1) is 59.2. The number of benzene rings is 8. The van der Waals surface area contributed by atoms with Gasteiger partial charge in [-0.15, -0.1) is 0 Å². The predicted octanol–water partition coefficient (Wildman–Crippen LogP) is 21.3. The molecule has 8 aromatic carbocycles. The third kappa shape index (κ3) is 18.6. The molecule has 8 rings (SSSR count). The molecule has 0 heterocycles. The number of hydrogen-bond donors (Lipinski definition) is 0. The van der Waals surface area contributed by atoms with E-state index in [-0.39, 0.29) is 12.2 Å². The van der Waals surface area contributed by atoms with Gasteiger partial charge in [-0.2, -0.15) is 0 Å². The van der Waals surface area contributed by atoms with Crippen molar-refractivity contribution in [2.24, 2.45) is 0 Å². The summed E-state index contributed by atoms with van der Waals surface area (Å²) in [5.41, 5.74) is 6.89. The van der Waals surface area contributed by atoms with Gasteiger partial charge < -0.3 is 28.4 Å². The summed E-state index contributed by atoms with van der Waals surface area (Å²) in [5.74, 6) is 5.47. The molecule has 0 fully saturated rings. The number of hydrogen-bond acceptors (Lipinski definition) is 6. The largest absolute Gasteiger partial charge is 0.494 e. The van der Waals surface area contributed by atoms with E-state index in [1.807, 2.05) is 0 Å². The van der Waals surface area contributed by atoms with Crippen molar-refractivity contribution in [3.63, 3.8) is 0 Å². The van der Waals surface area contributed by atoms with Crippen LogP contribution in [0.5, 0.6) is 34.5 Å². The highest BCUT2D eigenvalue weighted by atomic mass is 16.5. The van der Waals surface area contributed by atoms with Crippen LogP contribution >= 0.6 is 0 Å². The van der Waals surface area contributed by atoms with Gasteiger partial charge in [-0.3, -0.25) is 0 Å². The van der Waals surface area contributed by atoms with Gasteiger partial charge in [0, 0.05) is 11.1 Å². The van der Waals surface area contributed by atoms with Gasteiger partial charge in [0.15, 0.2) is 0 Å². The summed E-state index contributed by atoms with van der Waals surface area (Å²) < 4.78 is 38.2. The first-order valence-electron chi connectivity index (χ1n) is 30.7. The third-order valence-corrected chi connectivity index (χ3v) is 15.3. The first-order valence-corrected chi connectivity index (χ1v) is 30.7. The van der Waals surface area contributed by atoms with Crippen molar-refractivity contribution in [2.45, 2.75) is 168 Å². The van der Waals surface area contributed by atoms with Crippen molar-refractivity contribution in [2.75, 3.05) is 26.4 Å². The van der Waals surface area contributed by atoms with E-state index in [4.69, 9.17) is 28.4 Å². The maximum absolute atomic E-state index is 6.73. The second-order valence-corrected chi connectivity index (χ2v) is 21.9. The molecule has 0 aromatic heterocycles. The van der Waals surface area contributed by atoms with Gasteiger partial charge in [0.1, 0.15) is 34.5 Å². The lowest BCUT2D eigenvalue weighted by Crippen LogP contribution is -2.11. The van der Waals surface area contributed by atoms with Crippen molar-refractivity contribution in [1.82, 2.24) is 0 Å². The van der Waals surface area contributed by atoms with E-state index in [1.165, 1.54) is 97.2 Å². The zero-order chi connectivity index (χ0) is 55.4. The van der Waals surface area contributed by atoms with Crippen molar-refractivity contribution < 1.29 is 28.4 Å². The van der Waals surface area contributed by atoms with E-state index in [9.17, 15) is 0 Å². The monoisotopic (exact) mass is 1070 g/mol. The maximum Gasteiger partial charge on any atom is 0.127 e. The molecule has 0 spiro atoms. The molecule has 0 aliphatic rings. The molecule has 0 unspecified atom stereocenters. The van der Waals surface area contributed by atoms with Crippen molar-refractivity contribution in [3.8, 4) is 67.9 Å². The number of fused-ring (bicyclic) bond motifs is 2. The number of rotatable bonds is 37. The molecule has 0 aliphatic carbocycles. The van der Waals surface area contributed by atoms with Crippen LogP contribution in [0, 0.1) is 0 Å². The summed E-state index contributed by atoms with van der Waals surface area (Å²) in [5, 5.41) is 4.68. The van der Waals surface area contributed by atoms with Crippen molar-refractivity contribution >= 4 is 21.5 Å². The fraction of sp³-hybridized carbons (Fsp3) is 0.405. The van der Waals surface area contributed by atoms with Gasteiger partial charge in [0.2, 0.25) is 0 Å². The second-order valence-electron chi connectivity index (χ2n) is 21.9. The normalized spacial score (nSPS) is 12.1.